The lowest BCUT2D eigenvalue weighted by Gasteiger charge is -2.17. The van der Waals surface area contributed by atoms with Gasteiger partial charge in [0, 0.05) is 16.7 Å². The summed E-state index contributed by atoms with van der Waals surface area (Å²) in [5.41, 5.74) is 5.73. The predicted octanol–water partition coefficient (Wildman–Crippen LogP) is 3.74. The minimum Gasteiger partial charge on any atom is -0.474 e. The van der Waals surface area contributed by atoms with E-state index in [1.807, 2.05) is 0 Å². The summed E-state index contributed by atoms with van der Waals surface area (Å²) in [6.07, 6.45) is -1.08. The van der Waals surface area contributed by atoms with Crippen LogP contribution >= 0.6 is 23.2 Å². The van der Waals surface area contributed by atoms with Crippen LogP contribution in [0.1, 0.15) is 11.7 Å². The summed E-state index contributed by atoms with van der Waals surface area (Å²) in [6, 6.07) is 9.88. The van der Waals surface area contributed by atoms with E-state index in [0.717, 1.165) is 0 Å². The molecule has 0 heterocycles. The molecule has 2 N–H and O–H groups in total. The number of hydrogen-bond acceptors (Lipinski definition) is 2. The second-order valence-electron chi connectivity index (χ2n) is 4.03. The summed E-state index contributed by atoms with van der Waals surface area (Å²) in [5.74, 6) is -0.905. The van der Waals surface area contributed by atoms with Crippen molar-refractivity contribution in [3.8, 4) is 5.75 Å². The number of ether oxygens (including phenoxy) is 1. The number of nitrogens with two attached hydrogens (primary N) is 1. The number of carbonyl (C=O) groups excluding carboxylic acids is 1. The smallest absolute Gasteiger partial charge is 0.263 e. The molecule has 2 aromatic carbocycles. The van der Waals surface area contributed by atoms with E-state index in [0.29, 0.717) is 15.6 Å². The fourth-order valence-corrected chi connectivity index (χ4v) is 1.95. The summed E-state index contributed by atoms with van der Waals surface area (Å²) in [4.78, 5) is 11.5. The van der Waals surface area contributed by atoms with E-state index in [1.165, 1.54) is 30.3 Å². The van der Waals surface area contributed by atoms with E-state index >= 15 is 0 Å². The first-order valence-electron chi connectivity index (χ1n) is 5.64. The summed E-state index contributed by atoms with van der Waals surface area (Å²) in [5, 5.41) is 0.703. The molecule has 0 radical (unpaired) electrons. The highest BCUT2D eigenvalue weighted by Crippen LogP contribution is 2.31. The number of rotatable bonds is 4. The van der Waals surface area contributed by atoms with Crippen LogP contribution in [0.5, 0.6) is 5.75 Å². The molecule has 0 aliphatic carbocycles. The van der Waals surface area contributed by atoms with Gasteiger partial charge in [0.25, 0.3) is 5.91 Å². The zero-order valence-corrected chi connectivity index (χ0v) is 11.7. The number of primary amides is 1. The molecule has 104 valence electrons. The van der Waals surface area contributed by atoms with Crippen molar-refractivity contribution in [2.24, 2.45) is 5.73 Å². The number of benzene rings is 2. The molecular weight excluding hydrogens is 304 g/mol. The first-order valence-corrected chi connectivity index (χ1v) is 6.39. The van der Waals surface area contributed by atoms with Crippen LogP contribution < -0.4 is 10.5 Å². The number of carbonyl (C=O) groups is 1. The quantitative estimate of drug-likeness (QED) is 0.934. The molecule has 20 heavy (non-hydrogen) atoms. The van der Waals surface area contributed by atoms with Crippen LogP contribution in [0, 0.1) is 5.82 Å². The molecule has 0 bridgehead atoms. The van der Waals surface area contributed by atoms with Crippen molar-refractivity contribution in [1.29, 1.82) is 0 Å². The second-order valence-corrected chi connectivity index (χ2v) is 4.87. The van der Waals surface area contributed by atoms with Crippen molar-refractivity contribution in [1.82, 2.24) is 0 Å². The molecule has 0 fully saturated rings. The zero-order chi connectivity index (χ0) is 14.7. The van der Waals surface area contributed by atoms with Crippen LogP contribution in [0.15, 0.2) is 42.5 Å². The van der Waals surface area contributed by atoms with Gasteiger partial charge in [0.05, 0.1) is 5.02 Å². The third-order valence-electron chi connectivity index (χ3n) is 2.57. The van der Waals surface area contributed by atoms with E-state index in [9.17, 15) is 9.18 Å². The lowest BCUT2D eigenvalue weighted by Crippen LogP contribution is -2.26. The largest absolute Gasteiger partial charge is 0.474 e. The van der Waals surface area contributed by atoms with Crippen LogP contribution in [-0.2, 0) is 4.79 Å². The predicted molar refractivity (Wildman–Crippen MR) is 75.4 cm³/mol. The number of halogens is 3. The van der Waals surface area contributed by atoms with Gasteiger partial charge in [-0.05, 0) is 24.3 Å². The van der Waals surface area contributed by atoms with Crippen LogP contribution in [0.25, 0.3) is 0 Å². The highest BCUT2D eigenvalue weighted by Gasteiger charge is 2.21. The molecule has 6 heteroatoms. The highest BCUT2D eigenvalue weighted by atomic mass is 35.5. The molecule has 0 aromatic heterocycles. The minimum absolute atomic E-state index is 0.229. The fourth-order valence-electron chi connectivity index (χ4n) is 1.62. The van der Waals surface area contributed by atoms with Crippen LogP contribution in [0.2, 0.25) is 10.0 Å². The van der Waals surface area contributed by atoms with E-state index in [2.05, 4.69) is 0 Å². The van der Waals surface area contributed by atoms with Crippen molar-refractivity contribution in [3.05, 3.63) is 63.9 Å². The molecule has 1 atom stereocenters. The van der Waals surface area contributed by atoms with E-state index in [-0.39, 0.29) is 5.75 Å². The van der Waals surface area contributed by atoms with Crippen molar-refractivity contribution >= 4 is 29.1 Å². The van der Waals surface area contributed by atoms with Gasteiger partial charge in [-0.3, -0.25) is 4.79 Å². The highest BCUT2D eigenvalue weighted by molar-refractivity contribution is 6.34. The fraction of sp³-hybridized carbons (Fsp3) is 0.0714. The maximum absolute atomic E-state index is 12.9. The molecule has 1 unspecified atom stereocenters. The van der Waals surface area contributed by atoms with Gasteiger partial charge < -0.3 is 10.5 Å². The maximum atomic E-state index is 12.9. The lowest BCUT2D eigenvalue weighted by atomic mass is 10.1. The number of hydrogen-bond donors (Lipinski definition) is 1. The molecule has 0 saturated carbocycles. The van der Waals surface area contributed by atoms with Crippen molar-refractivity contribution in [2.45, 2.75) is 6.10 Å². The van der Waals surface area contributed by atoms with Crippen molar-refractivity contribution in [2.75, 3.05) is 0 Å². The Labute approximate surface area is 125 Å². The Hall–Kier alpha value is -1.78. The maximum Gasteiger partial charge on any atom is 0.263 e. The Kier molecular flexibility index (Phi) is 4.47. The molecule has 2 rings (SSSR count). The summed E-state index contributed by atoms with van der Waals surface area (Å²) in [7, 11) is 0. The Balaban J connectivity index is 2.32. The second kappa shape index (κ2) is 6.11. The molecule has 3 nitrogen and oxygen atoms in total. The standard InChI is InChI=1S/C14H10Cl2FNO2/c15-9-3-6-11(16)12(7-9)20-13(14(18)19)8-1-4-10(17)5-2-8/h1-7,13H,(H2,18,19). The van der Waals surface area contributed by atoms with Gasteiger partial charge in [-0.15, -0.1) is 0 Å². The Morgan fingerprint density at radius 3 is 2.40 bits per heavy atom. The first-order chi connectivity index (χ1) is 9.47. The average Bonchev–Trinajstić information content (AvgIpc) is 2.40. The topological polar surface area (TPSA) is 52.3 Å². The van der Waals surface area contributed by atoms with Crippen LogP contribution in [0.4, 0.5) is 4.39 Å². The zero-order valence-electron chi connectivity index (χ0n) is 10.1. The molecular formula is C14H10Cl2FNO2. The monoisotopic (exact) mass is 313 g/mol. The molecule has 2 aromatic rings. The minimum atomic E-state index is -1.08. The van der Waals surface area contributed by atoms with Gasteiger partial charge in [-0.25, -0.2) is 4.39 Å². The van der Waals surface area contributed by atoms with Gasteiger partial charge in [0.2, 0.25) is 6.10 Å². The number of amides is 1. The molecule has 1 amide bonds. The molecule has 0 aliphatic heterocycles. The van der Waals surface area contributed by atoms with E-state index < -0.39 is 17.8 Å². The normalized spacial score (nSPS) is 11.9. The van der Waals surface area contributed by atoms with E-state index in [1.54, 1.807) is 12.1 Å². The SMILES string of the molecule is NC(=O)C(Oc1cc(Cl)ccc1Cl)c1ccc(F)cc1. The summed E-state index contributed by atoms with van der Waals surface area (Å²) in [6.45, 7) is 0. The summed E-state index contributed by atoms with van der Waals surface area (Å²) < 4.78 is 18.4. The third-order valence-corrected chi connectivity index (χ3v) is 3.12. The van der Waals surface area contributed by atoms with Gasteiger partial charge in [0.1, 0.15) is 11.6 Å². The molecule has 0 aliphatic rings. The van der Waals surface area contributed by atoms with Gasteiger partial charge in [-0.2, -0.15) is 0 Å². The van der Waals surface area contributed by atoms with E-state index in [4.69, 9.17) is 33.7 Å². The third kappa shape index (κ3) is 3.40. The Bertz CT molecular complexity index is 632. The van der Waals surface area contributed by atoms with Gasteiger partial charge >= 0.3 is 0 Å². The average molecular weight is 314 g/mol. The molecule has 0 spiro atoms. The van der Waals surface area contributed by atoms with Crippen LogP contribution in [-0.4, -0.2) is 5.91 Å². The van der Waals surface area contributed by atoms with Crippen molar-refractivity contribution in [3.63, 3.8) is 0 Å². The van der Waals surface area contributed by atoms with Gasteiger partial charge in [-0.1, -0.05) is 35.3 Å². The van der Waals surface area contributed by atoms with Gasteiger partial charge in [0.15, 0.2) is 0 Å². The summed E-state index contributed by atoms with van der Waals surface area (Å²) >= 11 is 11.8. The molecule has 0 saturated heterocycles. The lowest BCUT2D eigenvalue weighted by molar-refractivity contribution is -0.125. The Morgan fingerprint density at radius 1 is 1.15 bits per heavy atom. The van der Waals surface area contributed by atoms with Crippen LogP contribution in [0.3, 0.4) is 0 Å². The van der Waals surface area contributed by atoms with Crippen molar-refractivity contribution < 1.29 is 13.9 Å². The first kappa shape index (κ1) is 14.6. The Morgan fingerprint density at radius 2 is 1.80 bits per heavy atom.